The second kappa shape index (κ2) is 8.63. The van der Waals surface area contributed by atoms with Gasteiger partial charge in [0.1, 0.15) is 0 Å². The van der Waals surface area contributed by atoms with Crippen molar-refractivity contribution in [3.05, 3.63) is 58.1 Å². The van der Waals surface area contributed by atoms with E-state index in [2.05, 4.69) is 5.32 Å². The summed E-state index contributed by atoms with van der Waals surface area (Å²) in [5.41, 5.74) is 2.10. The lowest BCUT2D eigenvalue weighted by Crippen LogP contribution is -2.28. The van der Waals surface area contributed by atoms with E-state index in [4.69, 9.17) is 27.9 Å². The number of rotatable bonds is 5. The Balaban J connectivity index is 1.54. The number of carbonyl (C=O) groups is 3. The fraction of sp³-hybridized carbons (Fsp3) is 0.250. The molecule has 1 saturated heterocycles. The predicted octanol–water partition coefficient (Wildman–Crippen LogP) is 3.84. The van der Waals surface area contributed by atoms with Gasteiger partial charge in [-0.15, -0.1) is 0 Å². The summed E-state index contributed by atoms with van der Waals surface area (Å²) in [5.74, 6) is -1.90. The average molecular weight is 421 g/mol. The van der Waals surface area contributed by atoms with Crippen molar-refractivity contribution in [3.8, 4) is 0 Å². The number of halogens is 2. The monoisotopic (exact) mass is 420 g/mol. The van der Waals surface area contributed by atoms with E-state index in [0.717, 1.165) is 11.3 Å². The number of carbonyl (C=O) groups excluding carboxylic acids is 3. The van der Waals surface area contributed by atoms with Crippen molar-refractivity contribution in [2.45, 2.75) is 13.3 Å². The van der Waals surface area contributed by atoms with E-state index in [9.17, 15) is 14.4 Å². The van der Waals surface area contributed by atoms with E-state index in [1.54, 1.807) is 17.0 Å². The Morgan fingerprint density at radius 3 is 2.75 bits per heavy atom. The summed E-state index contributed by atoms with van der Waals surface area (Å²) in [4.78, 5) is 38.1. The number of anilines is 2. The highest BCUT2D eigenvalue weighted by Gasteiger charge is 2.36. The molecule has 0 unspecified atom stereocenters. The van der Waals surface area contributed by atoms with Crippen LogP contribution in [0.4, 0.5) is 11.4 Å². The lowest BCUT2D eigenvalue weighted by molar-refractivity contribution is -0.151. The molecule has 2 aromatic carbocycles. The summed E-state index contributed by atoms with van der Waals surface area (Å²) in [5, 5.41) is 3.27. The van der Waals surface area contributed by atoms with E-state index in [0.29, 0.717) is 15.7 Å². The number of esters is 1. The van der Waals surface area contributed by atoms with Crippen LogP contribution >= 0.6 is 23.2 Å². The number of hydrogen-bond donors (Lipinski definition) is 1. The van der Waals surface area contributed by atoms with Crippen LogP contribution in [-0.4, -0.2) is 30.9 Å². The topological polar surface area (TPSA) is 75.7 Å². The molecule has 1 aliphatic rings. The van der Waals surface area contributed by atoms with E-state index >= 15 is 0 Å². The summed E-state index contributed by atoms with van der Waals surface area (Å²) in [7, 11) is 0. The summed E-state index contributed by atoms with van der Waals surface area (Å²) >= 11 is 11.9. The van der Waals surface area contributed by atoms with Gasteiger partial charge in [-0.3, -0.25) is 14.4 Å². The molecular formula is C20H18Cl2N2O4. The molecule has 1 N–H and O–H groups in total. The van der Waals surface area contributed by atoms with Crippen LogP contribution in [0, 0.1) is 12.8 Å². The summed E-state index contributed by atoms with van der Waals surface area (Å²) in [6.07, 6.45) is 0.0501. The number of nitrogens with zero attached hydrogens (tertiary/aromatic N) is 1. The molecule has 0 aliphatic carbocycles. The molecule has 1 heterocycles. The summed E-state index contributed by atoms with van der Waals surface area (Å²) in [6, 6.07) is 12.1. The minimum Gasteiger partial charge on any atom is -0.455 e. The van der Waals surface area contributed by atoms with Crippen LogP contribution in [0.3, 0.4) is 0 Å². The first-order valence-electron chi connectivity index (χ1n) is 8.62. The molecule has 1 fully saturated rings. The van der Waals surface area contributed by atoms with Crippen LogP contribution in [0.15, 0.2) is 42.5 Å². The molecule has 0 spiro atoms. The second-order valence-electron chi connectivity index (χ2n) is 6.52. The molecule has 0 bridgehead atoms. The van der Waals surface area contributed by atoms with Gasteiger partial charge in [-0.2, -0.15) is 0 Å². The van der Waals surface area contributed by atoms with Crippen molar-refractivity contribution in [1.29, 1.82) is 0 Å². The first kappa shape index (κ1) is 20.2. The minimum absolute atomic E-state index is 0.0501. The molecule has 6 nitrogen and oxygen atoms in total. The highest BCUT2D eigenvalue weighted by Crippen LogP contribution is 2.27. The smallest absolute Gasteiger partial charge is 0.311 e. The zero-order valence-corrected chi connectivity index (χ0v) is 16.6. The Bertz CT molecular complexity index is 932. The first-order chi connectivity index (χ1) is 13.3. The second-order valence-corrected chi connectivity index (χ2v) is 7.37. The van der Waals surface area contributed by atoms with Gasteiger partial charge in [0.15, 0.2) is 6.61 Å². The Hall–Kier alpha value is -2.57. The summed E-state index contributed by atoms with van der Waals surface area (Å²) < 4.78 is 5.08. The van der Waals surface area contributed by atoms with Crippen LogP contribution in [0.5, 0.6) is 0 Å². The normalized spacial score (nSPS) is 16.2. The third kappa shape index (κ3) is 4.82. The maximum Gasteiger partial charge on any atom is 0.311 e. The van der Waals surface area contributed by atoms with Crippen LogP contribution in [0.1, 0.15) is 12.0 Å². The zero-order chi connectivity index (χ0) is 20.3. The molecule has 0 aromatic heterocycles. The number of hydrogen-bond acceptors (Lipinski definition) is 4. The molecule has 2 amide bonds. The van der Waals surface area contributed by atoms with Crippen molar-refractivity contribution >= 4 is 52.4 Å². The Morgan fingerprint density at radius 2 is 2.00 bits per heavy atom. The van der Waals surface area contributed by atoms with Gasteiger partial charge in [-0.1, -0.05) is 35.3 Å². The van der Waals surface area contributed by atoms with E-state index < -0.39 is 24.4 Å². The quantitative estimate of drug-likeness (QED) is 0.745. The highest BCUT2D eigenvalue weighted by atomic mass is 35.5. The lowest BCUT2D eigenvalue weighted by Gasteiger charge is -2.17. The average Bonchev–Trinajstić information content (AvgIpc) is 3.04. The van der Waals surface area contributed by atoms with Crippen molar-refractivity contribution in [2.24, 2.45) is 5.92 Å². The van der Waals surface area contributed by atoms with Crippen LogP contribution in [0.2, 0.25) is 10.0 Å². The minimum atomic E-state index is -0.615. The van der Waals surface area contributed by atoms with Gasteiger partial charge in [0.05, 0.1) is 16.6 Å². The fourth-order valence-corrected chi connectivity index (χ4v) is 3.28. The maximum absolute atomic E-state index is 12.3. The lowest BCUT2D eigenvalue weighted by atomic mass is 10.1. The Labute approximate surface area is 172 Å². The van der Waals surface area contributed by atoms with Crippen molar-refractivity contribution < 1.29 is 19.1 Å². The van der Waals surface area contributed by atoms with Crippen LogP contribution in [-0.2, 0) is 19.1 Å². The van der Waals surface area contributed by atoms with Crippen molar-refractivity contribution in [2.75, 3.05) is 23.4 Å². The number of benzene rings is 2. The summed E-state index contributed by atoms with van der Waals surface area (Å²) in [6.45, 7) is 1.68. The molecule has 146 valence electrons. The standard InChI is InChI=1S/C20H18Cl2N2O4/c1-12-3-2-4-15(7-12)24-10-13(8-19(24)26)20(27)28-11-18(25)23-17-9-14(21)5-6-16(17)22/h2-7,9,13H,8,10-11H2,1H3,(H,23,25)/t13-/m0/s1. The fourth-order valence-electron chi connectivity index (χ4n) is 2.94. The van der Waals surface area contributed by atoms with Crippen LogP contribution < -0.4 is 10.2 Å². The van der Waals surface area contributed by atoms with Gasteiger partial charge in [-0.05, 0) is 42.8 Å². The molecule has 28 heavy (non-hydrogen) atoms. The Morgan fingerprint density at radius 1 is 1.21 bits per heavy atom. The number of aryl methyl sites for hydroxylation is 1. The first-order valence-corrected chi connectivity index (χ1v) is 9.37. The Kier molecular flexibility index (Phi) is 6.21. The largest absolute Gasteiger partial charge is 0.455 e. The SMILES string of the molecule is Cc1cccc(N2C[C@@H](C(=O)OCC(=O)Nc3cc(Cl)ccc3Cl)CC2=O)c1. The molecule has 3 rings (SSSR count). The van der Waals surface area contributed by atoms with Gasteiger partial charge < -0.3 is 15.0 Å². The number of ether oxygens (including phenoxy) is 1. The predicted molar refractivity (Wildman–Crippen MR) is 108 cm³/mol. The molecule has 0 saturated carbocycles. The van der Waals surface area contributed by atoms with Gasteiger partial charge in [0.2, 0.25) is 5.91 Å². The van der Waals surface area contributed by atoms with E-state index in [1.807, 2.05) is 31.2 Å². The molecule has 1 aliphatic heterocycles. The molecule has 2 aromatic rings. The van der Waals surface area contributed by atoms with Gasteiger partial charge in [0, 0.05) is 23.7 Å². The zero-order valence-electron chi connectivity index (χ0n) is 15.1. The van der Waals surface area contributed by atoms with Gasteiger partial charge in [0.25, 0.3) is 5.91 Å². The van der Waals surface area contributed by atoms with Gasteiger partial charge in [-0.25, -0.2) is 0 Å². The van der Waals surface area contributed by atoms with Crippen molar-refractivity contribution in [3.63, 3.8) is 0 Å². The highest BCUT2D eigenvalue weighted by molar-refractivity contribution is 6.35. The van der Waals surface area contributed by atoms with Crippen LogP contribution in [0.25, 0.3) is 0 Å². The number of nitrogens with one attached hydrogen (secondary N) is 1. The molecule has 1 atom stereocenters. The third-order valence-corrected chi connectivity index (χ3v) is 4.88. The molecular weight excluding hydrogens is 403 g/mol. The maximum atomic E-state index is 12.3. The molecule has 0 radical (unpaired) electrons. The van der Waals surface area contributed by atoms with E-state index in [1.165, 1.54) is 6.07 Å². The van der Waals surface area contributed by atoms with Gasteiger partial charge >= 0.3 is 5.97 Å². The third-order valence-electron chi connectivity index (χ3n) is 4.32. The van der Waals surface area contributed by atoms with E-state index in [-0.39, 0.29) is 18.9 Å². The van der Waals surface area contributed by atoms with Crippen molar-refractivity contribution in [1.82, 2.24) is 0 Å². The number of amides is 2. The molecule has 8 heteroatoms.